The fourth-order valence-electron chi connectivity index (χ4n) is 0.773. The summed E-state index contributed by atoms with van der Waals surface area (Å²) >= 11 is 0. The van der Waals surface area contributed by atoms with E-state index in [1.54, 1.807) is 6.92 Å². The molecule has 1 amide bonds. The van der Waals surface area contributed by atoms with Crippen molar-refractivity contribution < 1.29 is 19.5 Å². The van der Waals surface area contributed by atoms with Gasteiger partial charge in [0.05, 0.1) is 19.1 Å². The highest BCUT2D eigenvalue weighted by Gasteiger charge is 2.11. The molecule has 0 aromatic heterocycles. The van der Waals surface area contributed by atoms with Crippen molar-refractivity contribution in [3.05, 3.63) is 0 Å². The Morgan fingerprint density at radius 2 is 1.93 bits per heavy atom. The lowest BCUT2D eigenvalue weighted by atomic mass is 10.2. The molecule has 0 aromatic carbocycles. The van der Waals surface area contributed by atoms with Crippen molar-refractivity contribution in [1.29, 1.82) is 0 Å². The molecule has 0 aliphatic carbocycles. The highest BCUT2D eigenvalue weighted by molar-refractivity contribution is 5.87. The topological polar surface area (TPSA) is 122 Å². The van der Waals surface area contributed by atoms with Crippen LogP contribution in [0, 0.1) is 0 Å². The maximum Gasteiger partial charge on any atom is 0.322 e. The normalized spacial score (nSPS) is 11.9. The molecular weight excluding hydrogens is 202 g/mol. The zero-order chi connectivity index (χ0) is 11.8. The molecule has 86 valence electrons. The number of carbonyl (C=O) groups is 3. The average molecular weight is 217 g/mol. The maximum absolute atomic E-state index is 11.0. The summed E-state index contributed by atoms with van der Waals surface area (Å²) in [6.07, 6.45) is 0. The number of nitrogens with two attached hydrogens (primary N) is 1. The summed E-state index contributed by atoms with van der Waals surface area (Å²) in [6, 6.07) is -0.509. The van der Waals surface area contributed by atoms with E-state index in [1.165, 1.54) is 0 Å². The SMILES string of the molecule is CC(NCC(=O)NCC(=O)O)C(=O)CN. The smallest absolute Gasteiger partial charge is 0.322 e. The third-order valence-electron chi connectivity index (χ3n) is 1.69. The van der Waals surface area contributed by atoms with Gasteiger partial charge in [-0.1, -0.05) is 0 Å². The van der Waals surface area contributed by atoms with Crippen molar-refractivity contribution in [3.8, 4) is 0 Å². The minimum atomic E-state index is -1.12. The Kier molecular flexibility index (Phi) is 6.23. The monoisotopic (exact) mass is 217 g/mol. The van der Waals surface area contributed by atoms with Gasteiger partial charge in [0.1, 0.15) is 6.54 Å². The van der Waals surface area contributed by atoms with Crippen molar-refractivity contribution in [2.45, 2.75) is 13.0 Å². The van der Waals surface area contributed by atoms with Gasteiger partial charge >= 0.3 is 5.97 Å². The lowest BCUT2D eigenvalue weighted by Crippen LogP contribution is -2.44. The van der Waals surface area contributed by atoms with Crippen LogP contribution >= 0.6 is 0 Å². The van der Waals surface area contributed by atoms with E-state index >= 15 is 0 Å². The molecule has 0 bridgehead atoms. The van der Waals surface area contributed by atoms with Crippen LogP contribution in [-0.4, -0.2) is 48.4 Å². The molecule has 0 aliphatic rings. The van der Waals surface area contributed by atoms with Crippen LogP contribution in [0.5, 0.6) is 0 Å². The highest BCUT2D eigenvalue weighted by Crippen LogP contribution is 1.81. The predicted octanol–water partition coefficient (Wildman–Crippen LogP) is -2.31. The van der Waals surface area contributed by atoms with Gasteiger partial charge < -0.3 is 16.2 Å². The van der Waals surface area contributed by atoms with Gasteiger partial charge in [0.15, 0.2) is 5.78 Å². The van der Waals surface area contributed by atoms with Gasteiger partial charge in [-0.25, -0.2) is 0 Å². The molecule has 5 N–H and O–H groups in total. The molecule has 7 heteroatoms. The Labute approximate surface area is 87.0 Å². The van der Waals surface area contributed by atoms with Gasteiger partial charge in [-0.2, -0.15) is 0 Å². The number of aliphatic carboxylic acids is 1. The van der Waals surface area contributed by atoms with Gasteiger partial charge in [0.2, 0.25) is 5.91 Å². The number of nitrogens with one attached hydrogen (secondary N) is 2. The molecule has 7 nitrogen and oxygen atoms in total. The minimum absolute atomic E-state index is 0.0923. The third-order valence-corrected chi connectivity index (χ3v) is 1.69. The van der Waals surface area contributed by atoms with E-state index in [1.807, 2.05) is 0 Å². The number of carboxylic acids is 1. The van der Waals surface area contributed by atoms with Gasteiger partial charge in [0, 0.05) is 0 Å². The molecule has 0 fully saturated rings. The van der Waals surface area contributed by atoms with Crippen molar-refractivity contribution >= 4 is 17.7 Å². The van der Waals surface area contributed by atoms with Crippen molar-refractivity contribution in [1.82, 2.24) is 10.6 Å². The van der Waals surface area contributed by atoms with Crippen LogP contribution in [-0.2, 0) is 14.4 Å². The molecule has 0 saturated carbocycles. The molecule has 0 aliphatic heterocycles. The number of carbonyl (C=O) groups excluding carboxylic acids is 2. The highest BCUT2D eigenvalue weighted by atomic mass is 16.4. The van der Waals surface area contributed by atoms with Crippen LogP contribution in [0.3, 0.4) is 0 Å². The molecule has 1 unspecified atom stereocenters. The number of amides is 1. The lowest BCUT2D eigenvalue weighted by Gasteiger charge is -2.10. The Morgan fingerprint density at radius 1 is 1.33 bits per heavy atom. The molecule has 1 atom stereocenters. The number of hydrogen-bond acceptors (Lipinski definition) is 5. The van der Waals surface area contributed by atoms with E-state index in [0.29, 0.717) is 0 Å². The second kappa shape index (κ2) is 6.91. The summed E-state index contributed by atoms with van der Waals surface area (Å²) in [4.78, 5) is 32.1. The lowest BCUT2D eigenvalue weighted by molar-refractivity contribution is -0.137. The fourth-order valence-corrected chi connectivity index (χ4v) is 0.773. The number of Topliss-reactive ketones (excluding diaryl/α,β-unsaturated/α-hetero) is 1. The van der Waals surface area contributed by atoms with Crippen LogP contribution in [0.15, 0.2) is 0 Å². The van der Waals surface area contributed by atoms with Crippen LogP contribution in [0.2, 0.25) is 0 Å². The largest absolute Gasteiger partial charge is 0.480 e. The Hall–Kier alpha value is -1.47. The molecule has 0 aromatic rings. The molecular formula is C8H15N3O4. The van der Waals surface area contributed by atoms with Gasteiger partial charge in [0.25, 0.3) is 0 Å². The van der Waals surface area contributed by atoms with Crippen LogP contribution in [0.4, 0.5) is 0 Å². The summed E-state index contributed by atoms with van der Waals surface area (Å²) < 4.78 is 0. The van der Waals surface area contributed by atoms with E-state index in [4.69, 9.17) is 10.8 Å². The molecule has 0 rings (SSSR count). The van der Waals surface area contributed by atoms with E-state index in [0.717, 1.165) is 0 Å². The molecule has 15 heavy (non-hydrogen) atoms. The Bertz CT molecular complexity index is 254. The fraction of sp³-hybridized carbons (Fsp3) is 0.625. The van der Waals surface area contributed by atoms with Crippen LogP contribution < -0.4 is 16.4 Å². The first-order valence-corrected chi connectivity index (χ1v) is 4.42. The minimum Gasteiger partial charge on any atom is -0.480 e. The Morgan fingerprint density at radius 3 is 2.40 bits per heavy atom. The van der Waals surface area contributed by atoms with E-state index in [9.17, 15) is 14.4 Å². The standard InChI is InChI=1S/C8H15N3O4/c1-5(6(12)2-9)10-3-7(13)11-4-8(14)15/h5,10H,2-4,9H2,1H3,(H,11,13)(H,14,15). The second-order valence-electron chi connectivity index (χ2n) is 2.94. The van der Waals surface area contributed by atoms with Gasteiger partial charge in [-0.3, -0.25) is 19.7 Å². The van der Waals surface area contributed by atoms with Crippen molar-refractivity contribution in [2.24, 2.45) is 5.73 Å². The summed E-state index contributed by atoms with van der Waals surface area (Å²) in [5.41, 5.74) is 5.11. The maximum atomic E-state index is 11.0. The first-order chi connectivity index (χ1) is 6.97. The zero-order valence-corrected chi connectivity index (χ0v) is 8.45. The van der Waals surface area contributed by atoms with Crippen molar-refractivity contribution in [3.63, 3.8) is 0 Å². The molecule has 0 saturated heterocycles. The predicted molar refractivity (Wildman–Crippen MR) is 52.2 cm³/mol. The number of carboxylic acid groups (broad SMARTS) is 1. The average Bonchev–Trinajstić information content (AvgIpc) is 2.21. The Balaban J connectivity index is 3.71. The summed E-state index contributed by atoms with van der Waals surface area (Å²) in [5, 5.41) is 13.0. The second-order valence-corrected chi connectivity index (χ2v) is 2.94. The van der Waals surface area contributed by atoms with E-state index in [-0.39, 0.29) is 18.9 Å². The number of rotatable bonds is 7. The molecule has 0 spiro atoms. The van der Waals surface area contributed by atoms with E-state index in [2.05, 4.69) is 10.6 Å². The number of hydrogen-bond donors (Lipinski definition) is 4. The van der Waals surface area contributed by atoms with E-state index < -0.39 is 24.5 Å². The van der Waals surface area contributed by atoms with Crippen LogP contribution in [0.1, 0.15) is 6.92 Å². The zero-order valence-electron chi connectivity index (χ0n) is 8.45. The van der Waals surface area contributed by atoms with Gasteiger partial charge in [-0.15, -0.1) is 0 Å². The first-order valence-electron chi connectivity index (χ1n) is 4.42. The quantitative estimate of drug-likeness (QED) is 0.380. The first kappa shape index (κ1) is 13.5. The molecule has 0 heterocycles. The number of ketones is 1. The van der Waals surface area contributed by atoms with Gasteiger partial charge in [-0.05, 0) is 6.92 Å². The summed E-state index contributed by atoms with van der Waals surface area (Å²) in [6.45, 7) is 0.949. The van der Waals surface area contributed by atoms with Crippen LogP contribution in [0.25, 0.3) is 0 Å². The van der Waals surface area contributed by atoms with Crippen molar-refractivity contribution in [2.75, 3.05) is 19.6 Å². The summed E-state index contributed by atoms with van der Waals surface area (Å²) in [7, 11) is 0. The third kappa shape index (κ3) is 6.58. The molecule has 0 radical (unpaired) electrons. The summed E-state index contributed by atoms with van der Waals surface area (Å²) in [5.74, 6) is -1.80.